The van der Waals surface area contributed by atoms with Gasteiger partial charge in [0, 0.05) is 0 Å². The summed E-state index contributed by atoms with van der Waals surface area (Å²) < 4.78 is 0. The van der Waals surface area contributed by atoms with E-state index in [9.17, 15) is 0 Å². The highest BCUT2D eigenvalue weighted by atomic mass is 14.3. The zero-order valence-electron chi connectivity index (χ0n) is 9.14. The molecule has 2 unspecified atom stereocenters. The van der Waals surface area contributed by atoms with E-state index in [4.69, 9.17) is 0 Å². The fraction of sp³-hybridized carbons (Fsp3) is 1.00. The third kappa shape index (κ3) is 2.50. The SMILES string of the molecule is CC(C)C1CCC(C)C(C)CC1. The molecule has 1 saturated carbocycles. The van der Waals surface area contributed by atoms with Crippen LogP contribution in [0, 0.1) is 23.7 Å². The summed E-state index contributed by atoms with van der Waals surface area (Å²) in [6.07, 6.45) is 5.88. The summed E-state index contributed by atoms with van der Waals surface area (Å²) >= 11 is 0. The van der Waals surface area contributed by atoms with E-state index >= 15 is 0 Å². The van der Waals surface area contributed by atoms with Gasteiger partial charge < -0.3 is 0 Å². The Morgan fingerprint density at radius 1 is 0.833 bits per heavy atom. The summed E-state index contributed by atoms with van der Waals surface area (Å²) in [5.41, 5.74) is 0. The molecule has 0 bridgehead atoms. The van der Waals surface area contributed by atoms with E-state index in [1.807, 2.05) is 0 Å². The summed E-state index contributed by atoms with van der Waals surface area (Å²) in [7, 11) is 0. The lowest BCUT2D eigenvalue weighted by Crippen LogP contribution is -2.06. The third-order valence-electron chi connectivity index (χ3n) is 3.90. The van der Waals surface area contributed by atoms with E-state index in [0.717, 1.165) is 23.7 Å². The predicted molar refractivity (Wildman–Crippen MR) is 55.1 cm³/mol. The normalized spacial score (nSPS) is 38.2. The maximum atomic E-state index is 2.42. The predicted octanol–water partition coefficient (Wildman–Crippen LogP) is 4.10. The van der Waals surface area contributed by atoms with E-state index < -0.39 is 0 Å². The van der Waals surface area contributed by atoms with Crippen LogP contribution in [0.1, 0.15) is 53.4 Å². The lowest BCUT2D eigenvalue weighted by atomic mass is 9.88. The lowest BCUT2D eigenvalue weighted by Gasteiger charge is -2.17. The van der Waals surface area contributed by atoms with Gasteiger partial charge in [0.2, 0.25) is 0 Å². The van der Waals surface area contributed by atoms with Crippen molar-refractivity contribution in [2.24, 2.45) is 23.7 Å². The molecule has 0 heterocycles. The van der Waals surface area contributed by atoms with Crippen LogP contribution in [-0.4, -0.2) is 0 Å². The maximum absolute atomic E-state index is 2.42. The first-order valence-corrected chi connectivity index (χ1v) is 5.61. The van der Waals surface area contributed by atoms with Crippen LogP contribution < -0.4 is 0 Å². The number of hydrogen-bond acceptors (Lipinski definition) is 0. The molecule has 1 fully saturated rings. The highest BCUT2D eigenvalue weighted by Crippen LogP contribution is 2.34. The van der Waals surface area contributed by atoms with E-state index in [1.54, 1.807) is 0 Å². The Labute approximate surface area is 77.7 Å². The zero-order valence-corrected chi connectivity index (χ0v) is 9.14. The van der Waals surface area contributed by atoms with Crippen LogP contribution in [0.4, 0.5) is 0 Å². The lowest BCUT2D eigenvalue weighted by molar-refractivity contribution is 0.338. The fourth-order valence-corrected chi connectivity index (χ4v) is 2.33. The highest BCUT2D eigenvalue weighted by Gasteiger charge is 2.22. The quantitative estimate of drug-likeness (QED) is 0.517. The van der Waals surface area contributed by atoms with Crippen LogP contribution >= 0.6 is 0 Å². The van der Waals surface area contributed by atoms with E-state index in [2.05, 4.69) is 27.7 Å². The van der Waals surface area contributed by atoms with Gasteiger partial charge in [0.1, 0.15) is 0 Å². The number of hydrogen-bond donors (Lipinski definition) is 0. The second kappa shape index (κ2) is 4.30. The minimum atomic E-state index is 0.905. The van der Waals surface area contributed by atoms with Gasteiger partial charge in [-0.05, 0) is 36.5 Å². The maximum Gasteiger partial charge on any atom is -0.0391 e. The van der Waals surface area contributed by atoms with Crippen LogP contribution in [0.5, 0.6) is 0 Å². The van der Waals surface area contributed by atoms with Crippen molar-refractivity contribution in [3.8, 4) is 0 Å². The molecule has 12 heavy (non-hydrogen) atoms. The Morgan fingerprint density at radius 3 is 1.58 bits per heavy atom. The Morgan fingerprint density at radius 2 is 1.25 bits per heavy atom. The van der Waals surface area contributed by atoms with Gasteiger partial charge in [-0.3, -0.25) is 0 Å². The zero-order chi connectivity index (χ0) is 9.14. The average Bonchev–Trinajstić information content (AvgIpc) is 2.16. The van der Waals surface area contributed by atoms with E-state index in [-0.39, 0.29) is 0 Å². The summed E-state index contributed by atoms with van der Waals surface area (Å²) in [4.78, 5) is 0. The van der Waals surface area contributed by atoms with Crippen LogP contribution in [0.25, 0.3) is 0 Å². The fourth-order valence-electron chi connectivity index (χ4n) is 2.33. The molecular weight excluding hydrogens is 144 g/mol. The molecule has 0 N–H and O–H groups in total. The van der Waals surface area contributed by atoms with Gasteiger partial charge in [0.05, 0.1) is 0 Å². The van der Waals surface area contributed by atoms with Crippen LogP contribution in [-0.2, 0) is 0 Å². The monoisotopic (exact) mass is 168 g/mol. The van der Waals surface area contributed by atoms with Crippen molar-refractivity contribution in [1.82, 2.24) is 0 Å². The topological polar surface area (TPSA) is 0 Å². The minimum absolute atomic E-state index is 0.905. The molecule has 0 nitrogen and oxygen atoms in total. The van der Waals surface area contributed by atoms with Crippen molar-refractivity contribution < 1.29 is 0 Å². The molecule has 72 valence electrons. The van der Waals surface area contributed by atoms with Gasteiger partial charge in [-0.1, -0.05) is 40.5 Å². The van der Waals surface area contributed by atoms with Crippen molar-refractivity contribution >= 4 is 0 Å². The molecule has 1 aliphatic carbocycles. The standard InChI is InChI=1S/C12H24/c1-9(2)12-7-5-10(3)11(4)6-8-12/h9-12H,5-8H2,1-4H3. The van der Waals surface area contributed by atoms with Gasteiger partial charge >= 0.3 is 0 Å². The van der Waals surface area contributed by atoms with Gasteiger partial charge in [-0.15, -0.1) is 0 Å². The largest absolute Gasteiger partial charge is 0.0625 e. The molecule has 1 aliphatic rings. The highest BCUT2D eigenvalue weighted by molar-refractivity contribution is 4.74. The minimum Gasteiger partial charge on any atom is -0.0625 e. The molecule has 0 spiro atoms. The van der Waals surface area contributed by atoms with Crippen molar-refractivity contribution in [3.05, 3.63) is 0 Å². The summed E-state index contributed by atoms with van der Waals surface area (Å²) in [6.45, 7) is 9.61. The number of rotatable bonds is 1. The Balaban J connectivity index is 2.44. The first-order valence-electron chi connectivity index (χ1n) is 5.61. The molecule has 0 aromatic heterocycles. The molecule has 0 aromatic rings. The molecule has 0 amide bonds. The second-order valence-corrected chi connectivity index (χ2v) is 5.11. The van der Waals surface area contributed by atoms with Crippen LogP contribution in [0.3, 0.4) is 0 Å². The first kappa shape index (κ1) is 10.1. The molecule has 0 aliphatic heterocycles. The third-order valence-corrected chi connectivity index (χ3v) is 3.90. The van der Waals surface area contributed by atoms with Gasteiger partial charge in [-0.2, -0.15) is 0 Å². The van der Waals surface area contributed by atoms with Crippen molar-refractivity contribution in [2.45, 2.75) is 53.4 Å². The molecule has 0 saturated heterocycles. The Hall–Kier alpha value is 0. The summed E-state index contributed by atoms with van der Waals surface area (Å²) in [6, 6.07) is 0. The second-order valence-electron chi connectivity index (χ2n) is 5.11. The van der Waals surface area contributed by atoms with E-state index in [0.29, 0.717) is 0 Å². The molecule has 2 atom stereocenters. The smallest absolute Gasteiger partial charge is 0.0391 e. The molecule has 1 rings (SSSR count). The molecular formula is C12H24. The van der Waals surface area contributed by atoms with Crippen LogP contribution in [0.2, 0.25) is 0 Å². The summed E-state index contributed by atoms with van der Waals surface area (Å²) in [5.74, 6) is 3.85. The van der Waals surface area contributed by atoms with Gasteiger partial charge in [0.15, 0.2) is 0 Å². The van der Waals surface area contributed by atoms with Crippen LogP contribution in [0.15, 0.2) is 0 Å². The summed E-state index contributed by atoms with van der Waals surface area (Å²) in [5, 5.41) is 0. The van der Waals surface area contributed by atoms with Crippen molar-refractivity contribution in [3.63, 3.8) is 0 Å². The van der Waals surface area contributed by atoms with Crippen molar-refractivity contribution in [2.75, 3.05) is 0 Å². The average molecular weight is 168 g/mol. The molecule has 0 aromatic carbocycles. The molecule has 0 radical (unpaired) electrons. The van der Waals surface area contributed by atoms with Crippen molar-refractivity contribution in [1.29, 1.82) is 0 Å². The van der Waals surface area contributed by atoms with Gasteiger partial charge in [0.25, 0.3) is 0 Å². The van der Waals surface area contributed by atoms with E-state index in [1.165, 1.54) is 25.7 Å². The molecule has 0 heteroatoms. The first-order chi connectivity index (χ1) is 5.61. The Kier molecular flexibility index (Phi) is 3.61. The van der Waals surface area contributed by atoms with Gasteiger partial charge in [-0.25, -0.2) is 0 Å². The Bertz CT molecular complexity index is 114.